The zero-order valence-corrected chi connectivity index (χ0v) is 15.9. The number of carbonyl (C=O) groups excluding carboxylic acids is 1. The maximum atomic E-state index is 14.0. The number of aromatic nitrogens is 2. The maximum absolute atomic E-state index is 14.0. The highest BCUT2D eigenvalue weighted by Gasteiger charge is 2.35. The average Bonchev–Trinajstić information content (AvgIpc) is 3.31. The molecule has 0 saturated carbocycles. The van der Waals surface area contributed by atoms with Crippen molar-refractivity contribution in [1.82, 2.24) is 10.1 Å². The van der Waals surface area contributed by atoms with Crippen molar-refractivity contribution in [2.24, 2.45) is 0 Å². The second kappa shape index (κ2) is 7.07. The molecule has 1 aromatic heterocycles. The standard InChI is InChI=1S/C21H20FN3O3/c1-12-4-5-14(8-13(12)2)20-23-21(28-24-20)15-9-19(26)25(11-15)16-6-7-18(27-3)17(22)10-16/h4-8,10,15H,9,11H2,1-3H3. The summed E-state index contributed by atoms with van der Waals surface area (Å²) in [4.78, 5) is 18.5. The van der Waals surface area contributed by atoms with Gasteiger partial charge < -0.3 is 14.2 Å². The molecule has 1 aliphatic rings. The number of nitrogens with zero attached hydrogens (tertiary/aromatic N) is 3. The second-order valence-corrected chi connectivity index (χ2v) is 6.98. The molecular weight excluding hydrogens is 361 g/mol. The second-order valence-electron chi connectivity index (χ2n) is 6.98. The van der Waals surface area contributed by atoms with Crippen molar-refractivity contribution in [3.05, 3.63) is 59.2 Å². The van der Waals surface area contributed by atoms with E-state index < -0.39 is 5.82 Å². The molecular formula is C21H20FN3O3. The number of ether oxygens (including phenoxy) is 1. The fourth-order valence-electron chi connectivity index (χ4n) is 3.34. The quantitative estimate of drug-likeness (QED) is 0.683. The van der Waals surface area contributed by atoms with Crippen LogP contribution in [0, 0.1) is 19.7 Å². The highest BCUT2D eigenvalue weighted by atomic mass is 19.1. The highest BCUT2D eigenvalue weighted by molar-refractivity contribution is 5.96. The van der Waals surface area contributed by atoms with Gasteiger partial charge in [0.1, 0.15) is 0 Å². The number of hydrogen-bond donors (Lipinski definition) is 0. The molecule has 0 N–H and O–H groups in total. The van der Waals surface area contributed by atoms with E-state index in [1.165, 1.54) is 29.7 Å². The van der Waals surface area contributed by atoms with Crippen LogP contribution in [0.15, 0.2) is 40.9 Å². The third-order valence-corrected chi connectivity index (χ3v) is 5.13. The van der Waals surface area contributed by atoms with E-state index in [4.69, 9.17) is 9.26 Å². The Morgan fingerprint density at radius 2 is 2.00 bits per heavy atom. The number of rotatable bonds is 4. The third kappa shape index (κ3) is 3.24. The van der Waals surface area contributed by atoms with E-state index in [-0.39, 0.29) is 24.0 Å². The van der Waals surface area contributed by atoms with Crippen LogP contribution < -0.4 is 9.64 Å². The van der Waals surface area contributed by atoms with Crippen LogP contribution in [-0.4, -0.2) is 29.7 Å². The zero-order chi connectivity index (χ0) is 19.8. The molecule has 0 aliphatic carbocycles. The molecule has 6 nitrogen and oxygen atoms in total. The smallest absolute Gasteiger partial charge is 0.232 e. The molecule has 144 valence electrons. The van der Waals surface area contributed by atoms with Crippen molar-refractivity contribution >= 4 is 11.6 Å². The summed E-state index contributed by atoms with van der Waals surface area (Å²) in [5, 5.41) is 4.07. The van der Waals surface area contributed by atoms with Crippen LogP contribution in [0.3, 0.4) is 0 Å². The number of hydrogen-bond acceptors (Lipinski definition) is 5. The van der Waals surface area contributed by atoms with E-state index in [9.17, 15) is 9.18 Å². The van der Waals surface area contributed by atoms with Crippen LogP contribution in [0.1, 0.15) is 29.4 Å². The van der Waals surface area contributed by atoms with E-state index >= 15 is 0 Å². The van der Waals surface area contributed by atoms with Crippen molar-refractivity contribution in [1.29, 1.82) is 0 Å². The lowest BCUT2D eigenvalue weighted by Crippen LogP contribution is -2.24. The van der Waals surface area contributed by atoms with Crippen LogP contribution in [-0.2, 0) is 4.79 Å². The molecule has 0 spiro atoms. The number of halogens is 1. The van der Waals surface area contributed by atoms with Gasteiger partial charge in [-0.05, 0) is 43.2 Å². The van der Waals surface area contributed by atoms with Crippen molar-refractivity contribution in [2.45, 2.75) is 26.2 Å². The van der Waals surface area contributed by atoms with Crippen molar-refractivity contribution in [2.75, 3.05) is 18.6 Å². The minimum atomic E-state index is -0.508. The molecule has 0 bridgehead atoms. The number of benzene rings is 2. The first-order chi connectivity index (χ1) is 13.5. The Morgan fingerprint density at radius 1 is 1.18 bits per heavy atom. The summed E-state index contributed by atoms with van der Waals surface area (Å²) in [6.07, 6.45) is 0.238. The van der Waals surface area contributed by atoms with Gasteiger partial charge in [0, 0.05) is 30.3 Å². The predicted molar refractivity (Wildman–Crippen MR) is 102 cm³/mol. The van der Waals surface area contributed by atoms with Gasteiger partial charge >= 0.3 is 0 Å². The Morgan fingerprint density at radius 3 is 2.71 bits per heavy atom. The number of anilines is 1. The van der Waals surface area contributed by atoms with Crippen LogP contribution in [0.25, 0.3) is 11.4 Å². The van der Waals surface area contributed by atoms with E-state index in [0.717, 1.165) is 11.1 Å². The molecule has 2 aromatic carbocycles. The van der Waals surface area contributed by atoms with Crippen molar-refractivity contribution in [3.63, 3.8) is 0 Å². The molecule has 7 heteroatoms. The molecule has 1 saturated heterocycles. The van der Waals surface area contributed by atoms with E-state index in [2.05, 4.69) is 10.1 Å². The fourth-order valence-corrected chi connectivity index (χ4v) is 3.34. The van der Waals surface area contributed by atoms with E-state index in [1.807, 2.05) is 32.0 Å². The SMILES string of the molecule is COc1ccc(N2CC(c3nc(-c4ccc(C)c(C)c4)no3)CC2=O)cc1F. The summed E-state index contributed by atoms with van der Waals surface area (Å²) < 4.78 is 24.4. The Balaban J connectivity index is 1.55. The summed E-state index contributed by atoms with van der Waals surface area (Å²) in [5.41, 5.74) is 3.69. The first-order valence-electron chi connectivity index (χ1n) is 9.01. The average molecular weight is 381 g/mol. The van der Waals surface area contributed by atoms with Gasteiger partial charge in [0.05, 0.1) is 13.0 Å². The number of methoxy groups -OCH3 is 1. The van der Waals surface area contributed by atoms with Gasteiger partial charge in [0.15, 0.2) is 11.6 Å². The minimum absolute atomic E-state index is 0.111. The third-order valence-electron chi connectivity index (χ3n) is 5.13. The van der Waals surface area contributed by atoms with Gasteiger partial charge in [-0.25, -0.2) is 4.39 Å². The summed E-state index contributed by atoms with van der Waals surface area (Å²) in [7, 11) is 1.40. The highest BCUT2D eigenvalue weighted by Crippen LogP contribution is 2.33. The Hall–Kier alpha value is -3.22. The fraction of sp³-hybridized carbons (Fsp3) is 0.286. The van der Waals surface area contributed by atoms with Gasteiger partial charge in [0.2, 0.25) is 17.6 Å². The zero-order valence-electron chi connectivity index (χ0n) is 15.9. The Kier molecular flexibility index (Phi) is 4.58. The van der Waals surface area contributed by atoms with Gasteiger partial charge in [0.25, 0.3) is 0 Å². The van der Waals surface area contributed by atoms with Crippen molar-refractivity contribution in [3.8, 4) is 17.1 Å². The number of amides is 1. The molecule has 1 aliphatic heterocycles. The van der Waals surface area contributed by atoms with Crippen molar-refractivity contribution < 1.29 is 18.4 Å². The van der Waals surface area contributed by atoms with Crippen LogP contribution in [0.4, 0.5) is 10.1 Å². The molecule has 4 rings (SSSR count). The monoisotopic (exact) mass is 381 g/mol. The predicted octanol–water partition coefficient (Wildman–Crippen LogP) is 4.02. The Bertz CT molecular complexity index is 1050. The van der Waals surface area contributed by atoms with Crippen LogP contribution in [0.2, 0.25) is 0 Å². The largest absolute Gasteiger partial charge is 0.494 e. The molecule has 28 heavy (non-hydrogen) atoms. The lowest BCUT2D eigenvalue weighted by atomic mass is 10.1. The normalized spacial score (nSPS) is 16.6. The molecule has 1 fully saturated rings. The van der Waals surface area contributed by atoms with Crippen LogP contribution >= 0.6 is 0 Å². The molecule has 2 heterocycles. The maximum Gasteiger partial charge on any atom is 0.232 e. The van der Waals surface area contributed by atoms with Gasteiger partial charge in [-0.3, -0.25) is 4.79 Å². The number of aryl methyl sites for hydroxylation is 2. The van der Waals surface area contributed by atoms with Gasteiger partial charge in [-0.1, -0.05) is 17.3 Å². The van der Waals surface area contributed by atoms with Gasteiger partial charge in [-0.2, -0.15) is 4.98 Å². The summed E-state index contributed by atoms with van der Waals surface area (Å²) >= 11 is 0. The van der Waals surface area contributed by atoms with E-state index in [1.54, 1.807) is 6.07 Å². The molecule has 3 aromatic rings. The van der Waals surface area contributed by atoms with Crippen LogP contribution in [0.5, 0.6) is 5.75 Å². The molecule has 1 unspecified atom stereocenters. The van der Waals surface area contributed by atoms with Gasteiger partial charge in [-0.15, -0.1) is 0 Å². The topological polar surface area (TPSA) is 68.5 Å². The Labute approximate surface area is 161 Å². The molecule has 1 atom stereocenters. The molecule has 0 radical (unpaired) electrons. The number of carbonyl (C=O) groups is 1. The first kappa shape index (κ1) is 18.2. The summed E-state index contributed by atoms with van der Waals surface area (Å²) in [6, 6.07) is 10.4. The lowest BCUT2D eigenvalue weighted by molar-refractivity contribution is -0.117. The minimum Gasteiger partial charge on any atom is -0.494 e. The molecule has 1 amide bonds. The summed E-state index contributed by atoms with van der Waals surface area (Å²) in [6.45, 7) is 4.43. The summed E-state index contributed by atoms with van der Waals surface area (Å²) in [5.74, 6) is 0.205. The lowest BCUT2D eigenvalue weighted by Gasteiger charge is -2.16. The van der Waals surface area contributed by atoms with E-state index in [0.29, 0.717) is 23.9 Å². The first-order valence-corrected chi connectivity index (χ1v) is 9.01.